The first-order valence-corrected chi connectivity index (χ1v) is 11.8. The van der Waals surface area contributed by atoms with E-state index in [1.165, 1.54) is 13.1 Å². The van der Waals surface area contributed by atoms with Crippen LogP contribution in [0, 0.1) is 0 Å². The van der Waals surface area contributed by atoms with Gasteiger partial charge >= 0.3 is 22.2 Å². The van der Waals surface area contributed by atoms with Crippen molar-refractivity contribution in [1.29, 1.82) is 0 Å². The van der Waals surface area contributed by atoms with Crippen LogP contribution in [0.15, 0.2) is 6.20 Å². The van der Waals surface area contributed by atoms with Crippen molar-refractivity contribution in [2.75, 3.05) is 6.61 Å². The van der Waals surface area contributed by atoms with Gasteiger partial charge in [-0.25, -0.2) is 24.5 Å². The monoisotopic (exact) mass is 523 g/mol. The van der Waals surface area contributed by atoms with Crippen molar-refractivity contribution in [3.63, 3.8) is 0 Å². The summed E-state index contributed by atoms with van der Waals surface area (Å²) in [5.74, 6) is -2.14. The zero-order valence-electron chi connectivity index (χ0n) is 18.4. The number of hydrogen-bond acceptors (Lipinski definition) is 9. The Bertz CT molecular complexity index is 1160. The van der Waals surface area contributed by atoms with Crippen LogP contribution >= 0.6 is 23.2 Å². The number of imidazole rings is 1. The maximum atomic E-state index is 13.2. The molecule has 0 bridgehead atoms. The molecular weight excluding hydrogens is 501 g/mol. The van der Waals surface area contributed by atoms with E-state index in [1.807, 2.05) is 4.72 Å². The molecule has 2 heterocycles. The van der Waals surface area contributed by atoms with Crippen LogP contribution < -0.4 is 4.72 Å². The normalized spacial score (nSPS) is 13.0. The molecule has 182 valence electrons. The quantitative estimate of drug-likeness (QED) is 0.298. The summed E-state index contributed by atoms with van der Waals surface area (Å²) in [6.45, 7) is 7.56. The van der Waals surface area contributed by atoms with E-state index in [9.17, 15) is 18.0 Å². The molecule has 2 N–H and O–H groups in total. The molecule has 0 aromatic carbocycles. The number of aromatic nitrogens is 4. The minimum atomic E-state index is -4.58. The lowest BCUT2D eigenvalue weighted by Gasteiger charge is -2.21. The van der Waals surface area contributed by atoms with Crippen LogP contribution in [0.25, 0.3) is 11.4 Å². The highest BCUT2D eigenvalue weighted by Gasteiger charge is 2.33. The molecule has 15 heteroatoms. The molecule has 0 saturated carbocycles. The molecule has 0 fully saturated rings. The lowest BCUT2D eigenvalue weighted by atomic mass is 10.2. The van der Waals surface area contributed by atoms with Gasteiger partial charge in [0.05, 0.1) is 17.8 Å². The standard InChI is InChI=1S/C18H23Cl2N5O7S/c1-6-31-16(27)14-22-12(11-10(19)7-21-17(20)23-11)13(15(26)32-18(3,4)5)25(14)8-9(2)24-33(28,29)30/h7,9,24H,6,8H2,1-5H3,(H,28,29,30). The van der Waals surface area contributed by atoms with E-state index in [0.717, 1.165) is 4.57 Å². The Morgan fingerprint density at radius 2 is 1.85 bits per heavy atom. The Balaban J connectivity index is 2.81. The molecule has 0 aliphatic carbocycles. The minimum Gasteiger partial charge on any atom is -0.460 e. The van der Waals surface area contributed by atoms with Gasteiger partial charge in [0.2, 0.25) is 11.1 Å². The van der Waals surface area contributed by atoms with Gasteiger partial charge < -0.3 is 14.0 Å². The maximum Gasteiger partial charge on any atom is 0.374 e. The van der Waals surface area contributed by atoms with Crippen molar-refractivity contribution in [1.82, 2.24) is 24.2 Å². The van der Waals surface area contributed by atoms with Gasteiger partial charge in [-0.05, 0) is 46.2 Å². The van der Waals surface area contributed by atoms with Crippen molar-refractivity contribution in [2.45, 2.75) is 52.8 Å². The topological polar surface area (TPSA) is 163 Å². The van der Waals surface area contributed by atoms with Crippen molar-refractivity contribution < 1.29 is 32.0 Å². The van der Waals surface area contributed by atoms with E-state index < -0.39 is 33.9 Å². The molecule has 33 heavy (non-hydrogen) atoms. The number of rotatable bonds is 8. The Hall–Kier alpha value is -2.32. The summed E-state index contributed by atoms with van der Waals surface area (Å²) < 4.78 is 45.2. The fourth-order valence-electron chi connectivity index (χ4n) is 2.76. The third kappa shape index (κ3) is 7.33. The average Bonchev–Trinajstić information content (AvgIpc) is 3.00. The highest BCUT2D eigenvalue weighted by atomic mass is 35.5. The molecule has 12 nitrogen and oxygen atoms in total. The number of nitrogens with zero attached hydrogens (tertiary/aromatic N) is 4. The largest absolute Gasteiger partial charge is 0.460 e. The van der Waals surface area contributed by atoms with E-state index in [1.54, 1.807) is 27.7 Å². The Morgan fingerprint density at radius 1 is 1.21 bits per heavy atom. The SMILES string of the molecule is CCOC(=O)c1nc(-c2nc(Cl)ncc2Cl)c(C(=O)OC(C)(C)C)n1CC(C)NS(=O)(=O)O. The molecule has 0 spiro atoms. The summed E-state index contributed by atoms with van der Waals surface area (Å²) in [5.41, 5.74) is -1.40. The van der Waals surface area contributed by atoms with Gasteiger partial charge in [-0.15, -0.1) is 0 Å². The number of carbonyl (C=O) groups is 2. The molecule has 0 amide bonds. The molecule has 0 radical (unpaired) electrons. The van der Waals surface area contributed by atoms with E-state index in [4.69, 9.17) is 37.2 Å². The fourth-order valence-corrected chi connectivity index (χ4v) is 3.65. The Morgan fingerprint density at radius 3 is 2.39 bits per heavy atom. The molecule has 0 aliphatic rings. The van der Waals surface area contributed by atoms with Crippen LogP contribution in [-0.2, 0) is 26.3 Å². The first kappa shape index (κ1) is 26.9. The number of ether oxygens (including phenoxy) is 2. The second-order valence-electron chi connectivity index (χ2n) is 7.80. The van der Waals surface area contributed by atoms with Gasteiger partial charge in [0.1, 0.15) is 17.0 Å². The predicted molar refractivity (Wildman–Crippen MR) is 119 cm³/mol. The van der Waals surface area contributed by atoms with Gasteiger partial charge in [0.15, 0.2) is 5.69 Å². The summed E-state index contributed by atoms with van der Waals surface area (Å²) in [7, 11) is -4.58. The summed E-state index contributed by atoms with van der Waals surface area (Å²) in [4.78, 5) is 37.8. The van der Waals surface area contributed by atoms with Crippen molar-refractivity contribution in [3.05, 3.63) is 28.0 Å². The third-order valence-corrected chi connectivity index (χ3v) is 4.92. The van der Waals surface area contributed by atoms with Crippen LogP contribution in [0.1, 0.15) is 55.7 Å². The lowest BCUT2D eigenvalue weighted by molar-refractivity contribution is 0.00581. The predicted octanol–water partition coefficient (Wildman–Crippen LogP) is 2.56. The van der Waals surface area contributed by atoms with Crippen molar-refractivity contribution in [3.8, 4) is 11.4 Å². The van der Waals surface area contributed by atoms with Crippen LogP contribution in [0.3, 0.4) is 0 Å². The number of nitrogens with one attached hydrogen (secondary N) is 1. The summed E-state index contributed by atoms with van der Waals surface area (Å²) in [5, 5.41) is -0.216. The molecule has 0 saturated heterocycles. The van der Waals surface area contributed by atoms with E-state index in [-0.39, 0.29) is 46.4 Å². The molecule has 2 rings (SSSR count). The first-order valence-electron chi connectivity index (χ1n) is 9.57. The molecule has 2 aromatic rings. The summed E-state index contributed by atoms with van der Waals surface area (Å²) in [6.07, 6.45) is 1.19. The average molecular weight is 524 g/mol. The molecule has 1 unspecified atom stereocenters. The molecule has 1 atom stereocenters. The van der Waals surface area contributed by atoms with Crippen molar-refractivity contribution >= 4 is 45.4 Å². The highest BCUT2D eigenvalue weighted by Crippen LogP contribution is 2.31. The smallest absolute Gasteiger partial charge is 0.374 e. The van der Waals surface area contributed by atoms with Gasteiger partial charge in [-0.2, -0.15) is 13.1 Å². The number of hydrogen-bond donors (Lipinski definition) is 2. The second kappa shape index (κ2) is 10.3. The van der Waals surface area contributed by atoms with E-state index in [2.05, 4.69) is 15.0 Å². The Labute approximate surface area is 200 Å². The summed E-state index contributed by atoms with van der Waals surface area (Å²) >= 11 is 12.1. The lowest BCUT2D eigenvalue weighted by Crippen LogP contribution is -2.37. The highest BCUT2D eigenvalue weighted by molar-refractivity contribution is 7.83. The number of esters is 2. The maximum absolute atomic E-state index is 13.2. The van der Waals surface area contributed by atoms with Crippen LogP contribution in [0.4, 0.5) is 0 Å². The Kier molecular flexibility index (Phi) is 8.41. The minimum absolute atomic E-state index is 0.00170. The molecule has 2 aromatic heterocycles. The second-order valence-corrected chi connectivity index (χ2v) is 9.73. The molecular formula is C18H23Cl2N5O7S. The van der Waals surface area contributed by atoms with Crippen molar-refractivity contribution in [2.24, 2.45) is 0 Å². The van der Waals surface area contributed by atoms with Gasteiger partial charge in [-0.1, -0.05) is 11.6 Å². The van der Waals surface area contributed by atoms with Gasteiger partial charge in [0.25, 0.3) is 0 Å². The fraction of sp³-hybridized carbons (Fsp3) is 0.500. The van der Waals surface area contributed by atoms with Crippen LogP contribution in [-0.4, -0.2) is 62.7 Å². The van der Waals surface area contributed by atoms with Crippen LogP contribution in [0.2, 0.25) is 10.3 Å². The zero-order valence-corrected chi connectivity index (χ0v) is 20.7. The number of halogens is 2. The first-order chi connectivity index (χ1) is 15.1. The van der Waals surface area contributed by atoms with E-state index >= 15 is 0 Å². The van der Waals surface area contributed by atoms with Crippen LogP contribution in [0.5, 0.6) is 0 Å². The molecule has 0 aliphatic heterocycles. The third-order valence-electron chi connectivity index (χ3n) is 3.76. The number of carbonyl (C=O) groups excluding carboxylic acids is 2. The van der Waals surface area contributed by atoms with Gasteiger partial charge in [-0.3, -0.25) is 4.55 Å². The van der Waals surface area contributed by atoms with Gasteiger partial charge in [0, 0.05) is 12.6 Å². The summed E-state index contributed by atoms with van der Waals surface area (Å²) in [6, 6.07) is -0.985. The zero-order chi connectivity index (χ0) is 25.1. The van der Waals surface area contributed by atoms with E-state index in [0.29, 0.717) is 0 Å².